The highest BCUT2D eigenvalue weighted by Gasteiger charge is 2.21. The van der Waals surface area contributed by atoms with Crippen LogP contribution < -0.4 is 9.64 Å². The van der Waals surface area contributed by atoms with Gasteiger partial charge in [0.05, 0.1) is 23.2 Å². The number of pyridine rings is 2. The molecule has 0 saturated heterocycles. The van der Waals surface area contributed by atoms with Crippen LogP contribution in [0.4, 0.5) is 5.82 Å². The summed E-state index contributed by atoms with van der Waals surface area (Å²) >= 11 is 0. The smallest absolute Gasteiger partial charge is 0.290 e. The minimum Gasteiger partial charge on any atom is -0.493 e. The number of fused-ring (bicyclic) bond motifs is 1. The molecule has 5 rings (SSSR count). The number of hydrogen-bond acceptors (Lipinski definition) is 6. The number of hydrogen-bond donors (Lipinski definition) is 1. The predicted octanol–water partition coefficient (Wildman–Crippen LogP) is 8.51. The summed E-state index contributed by atoms with van der Waals surface area (Å²) in [6, 6.07) is 13.1. The maximum atomic E-state index is 8.36. The lowest BCUT2D eigenvalue weighted by Gasteiger charge is -2.23. The molecule has 0 radical (unpaired) electrons. The van der Waals surface area contributed by atoms with Gasteiger partial charge in [-0.2, -0.15) is 0 Å². The SMILES string of the molecule is CC.CCc1c(C)cc2nc(N(C)CC(C)C)ccc2c1-c1ccc2c3c(ccnc13)CCO2.COC(C)(C)C.O=CO. The highest BCUT2D eigenvalue weighted by Crippen LogP contribution is 2.42. The van der Waals surface area contributed by atoms with Gasteiger partial charge >= 0.3 is 0 Å². The largest absolute Gasteiger partial charge is 0.493 e. The first-order valence-electron chi connectivity index (χ1n) is 15.3. The predicted molar refractivity (Wildman–Crippen MR) is 181 cm³/mol. The molecule has 2 aromatic heterocycles. The van der Waals surface area contributed by atoms with Crippen molar-refractivity contribution in [1.82, 2.24) is 9.97 Å². The zero-order valence-corrected chi connectivity index (χ0v) is 28.0. The monoisotopic (exact) mass is 589 g/mol. The van der Waals surface area contributed by atoms with Crippen LogP contribution in [0.25, 0.3) is 32.9 Å². The second-order valence-corrected chi connectivity index (χ2v) is 11.7. The van der Waals surface area contributed by atoms with Crippen molar-refractivity contribution in [3.63, 3.8) is 0 Å². The normalized spacial score (nSPS) is 11.8. The maximum Gasteiger partial charge on any atom is 0.290 e. The van der Waals surface area contributed by atoms with Gasteiger partial charge in [-0.25, -0.2) is 4.98 Å². The van der Waals surface area contributed by atoms with Gasteiger partial charge in [-0.05, 0) is 98.7 Å². The Balaban J connectivity index is 0.000000511. The van der Waals surface area contributed by atoms with E-state index in [1.165, 1.54) is 33.2 Å². The lowest BCUT2D eigenvalue weighted by Crippen LogP contribution is -2.23. The fourth-order valence-corrected chi connectivity index (χ4v) is 5.16. The summed E-state index contributed by atoms with van der Waals surface area (Å²) in [5, 5.41) is 9.24. The number of aryl methyl sites for hydroxylation is 1. The number of methoxy groups -OCH3 is 1. The molecule has 4 aromatic rings. The van der Waals surface area contributed by atoms with E-state index in [2.05, 4.69) is 76.0 Å². The second kappa shape index (κ2) is 16.2. The van der Waals surface area contributed by atoms with Gasteiger partial charge < -0.3 is 19.5 Å². The van der Waals surface area contributed by atoms with Crippen LogP contribution in [0.3, 0.4) is 0 Å². The van der Waals surface area contributed by atoms with Gasteiger partial charge in [-0.1, -0.05) is 34.6 Å². The molecule has 0 fully saturated rings. The van der Waals surface area contributed by atoms with Crippen LogP contribution >= 0.6 is 0 Å². The Hall–Kier alpha value is -3.71. The minimum absolute atomic E-state index is 0.0417. The fourth-order valence-electron chi connectivity index (χ4n) is 5.16. The first-order chi connectivity index (χ1) is 20.4. The topological polar surface area (TPSA) is 84.8 Å². The van der Waals surface area contributed by atoms with E-state index in [0.29, 0.717) is 5.92 Å². The Morgan fingerprint density at radius 3 is 2.37 bits per heavy atom. The highest BCUT2D eigenvalue weighted by molar-refractivity contribution is 6.07. The third kappa shape index (κ3) is 8.90. The van der Waals surface area contributed by atoms with E-state index in [-0.39, 0.29) is 12.1 Å². The Kier molecular flexibility index (Phi) is 13.4. The van der Waals surface area contributed by atoms with Crippen molar-refractivity contribution in [2.45, 2.75) is 80.8 Å². The first kappa shape index (κ1) is 35.5. The Labute approximate surface area is 258 Å². The van der Waals surface area contributed by atoms with Crippen LogP contribution in [0.1, 0.15) is 72.1 Å². The molecule has 0 unspecified atom stereocenters. The molecule has 1 aliphatic heterocycles. The quantitative estimate of drug-likeness (QED) is 0.234. The number of rotatable bonds is 5. The van der Waals surface area contributed by atoms with Gasteiger partial charge in [0.25, 0.3) is 6.47 Å². The summed E-state index contributed by atoms with van der Waals surface area (Å²) in [5.41, 5.74) is 8.51. The summed E-state index contributed by atoms with van der Waals surface area (Å²) in [4.78, 5) is 20.5. The lowest BCUT2D eigenvalue weighted by atomic mass is 9.88. The second-order valence-electron chi connectivity index (χ2n) is 11.7. The fraction of sp³-hybridized carbons (Fsp3) is 0.472. The van der Waals surface area contributed by atoms with Crippen LogP contribution in [0.15, 0.2) is 42.6 Å². The van der Waals surface area contributed by atoms with Crippen molar-refractivity contribution in [2.75, 3.05) is 32.2 Å². The standard InChI is InChI=1S/C28H31N3O.C5H12O.C2H6.CH2O2/c1-6-20-18(4)15-23-21(8-10-25(30-23)31(5)16-17(2)3)27(20)22-7-9-24-26-19(12-14-32-24)11-13-29-28(22)26;1-5(2,3)6-4;1-2;2-1-3/h7-11,13,15,17H,6,12,14,16H2,1-5H3;1-4H3;1-2H3;1H,(H,2,3). The summed E-state index contributed by atoms with van der Waals surface area (Å²) in [6.07, 6.45) is 3.83. The molecule has 3 heterocycles. The molecule has 0 bridgehead atoms. The van der Waals surface area contributed by atoms with Gasteiger partial charge in [0.15, 0.2) is 0 Å². The van der Waals surface area contributed by atoms with E-state index >= 15 is 0 Å². The molecule has 7 heteroatoms. The van der Waals surface area contributed by atoms with Crippen LogP contribution in [-0.2, 0) is 22.4 Å². The first-order valence-corrected chi connectivity index (χ1v) is 15.3. The van der Waals surface area contributed by atoms with Crippen molar-refractivity contribution < 1.29 is 19.4 Å². The number of benzene rings is 2. The maximum absolute atomic E-state index is 8.36. The van der Waals surface area contributed by atoms with Gasteiger partial charge in [0.1, 0.15) is 11.6 Å². The minimum atomic E-state index is -0.250. The Morgan fingerprint density at radius 1 is 1.14 bits per heavy atom. The molecule has 0 atom stereocenters. The molecule has 234 valence electrons. The van der Waals surface area contributed by atoms with Gasteiger partial charge in [0, 0.05) is 49.7 Å². The molecule has 7 nitrogen and oxygen atoms in total. The molecule has 0 saturated carbocycles. The third-order valence-corrected chi connectivity index (χ3v) is 7.14. The van der Waals surface area contributed by atoms with Crippen molar-refractivity contribution in [2.24, 2.45) is 5.92 Å². The van der Waals surface area contributed by atoms with Gasteiger partial charge in [-0.15, -0.1) is 0 Å². The molecule has 43 heavy (non-hydrogen) atoms. The average molecular weight is 590 g/mol. The van der Waals surface area contributed by atoms with Crippen molar-refractivity contribution in [3.05, 3.63) is 59.3 Å². The zero-order chi connectivity index (χ0) is 32.3. The molecule has 0 amide bonds. The van der Waals surface area contributed by atoms with Gasteiger partial charge in [-0.3, -0.25) is 9.78 Å². The lowest BCUT2D eigenvalue weighted by molar-refractivity contribution is -0.122. The average Bonchev–Trinajstić information content (AvgIpc) is 2.98. The van der Waals surface area contributed by atoms with Crippen molar-refractivity contribution in [1.29, 1.82) is 0 Å². The number of carbonyl (C=O) groups is 1. The Bertz CT molecular complexity index is 1480. The van der Waals surface area contributed by atoms with E-state index < -0.39 is 0 Å². The van der Waals surface area contributed by atoms with E-state index in [0.717, 1.165) is 54.0 Å². The van der Waals surface area contributed by atoms with E-state index in [1.807, 2.05) is 40.8 Å². The van der Waals surface area contributed by atoms with E-state index in [9.17, 15) is 0 Å². The molecule has 0 spiro atoms. The van der Waals surface area contributed by atoms with Crippen molar-refractivity contribution >= 4 is 34.1 Å². The molecule has 1 aliphatic rings. The third-order valence-electron chi connectivity index (χ3n) is 7.14. The van der Waals surface area contributed by atoms with E-state index in [4.69, 9.17) is 29.3 Å². The number of carboxylic acid groups (broad SMARTS) is 1. The number of aromatic nitrogens is 2. The molecule has 1 N–H and O–H groups in total. The molecule has 0 aliphatic carbocycles. The van der Waals surface area contributed by atoms with Crippen LogP contribution in [0, 0.1) is 12.8 Å². The summed E-state index contributed by atoms with van der Waals surface area (Å²) in [6.45, 7) is 20.4. The molecule has 2 aromatic carbocycles. The highest BCUT2D eigenvalue weighted by atomic mass is 16.5. The van der Waals surface area contributed by atoms with Crippen molar-refractivity contribution in [3.8, 4) is 16.9 Å². The van der Waals surface area contributed by atoms with Crippen LogP contribution in [-0.4, -0.2) is 54.5 Å². The van der Waals surface area contributed by atoms with Crippen LogP contribution in [0.5, 0.6) is 5.75 Å². The number of ether oxygens (including phenoxy) is 2. The number of nitrogens with zero attached hydrogens (tertiary/aromatic N) is 3. The number of anilines is 1. The zero-order valence-electron chi connectivity index (χ0n) is 28.0. The van der Waals surface area contributed by atoms with E-state index in [1.54, 1.807) is 7.11 Å². The molecular formula is C36H51N3O4. The van der Waals surface area contributed by atoms with Crippen LogP contribution in [0.2, 0.25) is 0 Å². The summed E-state index contributed by atoms with van der Waals surface area (Å²) in [7, 11) is 3.83. The summed E-state index contributed by atoms with van der Waals surface area (Å²) in [5.74, 6) is 2.55. The summed E-state index contributed by atoms with van der Waals surface area (Å²) < 4.78 is 10.9. The van der Waals surface area contributed by atoms with Gasteiger partial charge in [0.2, 0.25) is 0 Å². The Morgan fingerprint density at radius 2 is 1.79 bits per heavy atom. The molecular weight excluding hydrogens is 538 g/mol.